The van der Waals surface area contributed by atoms with Crippen LogP contribution in [0.25, 0.3) is 0 Å². The molecule has 2 atom stereocenters. The summed E-state index contributed by atoms with van der Waals surface area (Å²) in [6.45, 7) is 0. The highest BCUT2D eigenvalue weighted by atomic mass is 16.1. The zero-order chi connectivity index (χ0) is 15.7. The third-order valence-corrected chi connectivity index (χ3v) is 4.88. The van der Waals surface area contributed by atoms with Crippen LogP contribution in [-0.4, -0.2) is 24.9 Å². The Morgan fingerprint density at radius 3 is 2.36 bits per heavy atom. The molecular weight excluding hydrogens is 272 g/mol. The Morgan fingerprint density at radius 1 is 1.09 bits per heavy atom. The standard InChI is InChI=1S/C19H22N2O/c1-21(2)17-12-13-19(18(20)22,14-8-4-3-5-9-14)16-11-7-6-10-15(16)17/h3-11,17H,12-13H2,1-2H3,(H2,20,22)/t17?,19-/m1/s1. The SMILES string of the molecule is CN(C)C1CC[C@@](C(N)=O)(c2ccccc2)c2ccccc21. The molecule has 0 heterocycles. The predicted octanol–water partition coefficient (Wildman–Crippen LogP) is 2.85. The van der Waals surface area contributed by atoms with Gasteiger partial charge in [0.1, 0.15) is 0 Å². The van der Waals surface area contributed by atoms with Crippen molar-refractivity contribution < 1.29 is 4.79 Å². The molecule has 3 rings (SSSR count). The minimum absolute atomic E-state index is 0.261. The van der Waals surface area contributed by atoms with Gasteiger partial charge in [0.05, 0.1) is 5.41 Å². The molecule has 1 aliphatic carbocycles. The first-order valence-electron chi connectivity index (χ1n) is 7.68. The Morgan fingerprint density at radius 2 is 1.73 bits per heavy atom. The summed E-state index contributed by atoms with van der Waals surface area (Å²) in [6, 6.07) is 18.5. The van der Waals surface area contributed by atoms with Gasteiger partial charge in [0, 0.05) is 6.04 Å². The Kier molecular flexibility index (Phi) is 3.75. The first-order valence-corrected chi connectivity index (χ1v) is 7.68. The molecule has 0 bridgehead atoms. The molecular formula is C19H22N2O. The second-order valence-corrected chi connectivity index (χ2v) is 6.24. The van der Waals surface area contributed by atoms with Crippen molar-refractivity contribution in [2.45, 2.75) is 24.3 Å². The molecule has 2 aromatic rings. The van der Waals surface area contributed by atoms with Crippen molar-refractivity contribution in [1.82, 2.24) is 4.90 Å². The van der Waals surface area contributed by atoms with Gasteiger partial charge in [-0.2, -0.15) is 0 Å². The first kappa shape index (κ1) is 14.8. The minimum atomic E-state index is -0.718. The predicted molar refractivity (Wildman–Crippen MR) is 88.5 cm³/mol. The molecule has 0 saturated heterocycles. The Balaban J connectivity index is 2.25. The summed E-state index contributed by atoms with van der Waals surface area (Å²) in [7, 11) is 4.17. The Bertz CT molecular complexity index is 681. The maximum atomic E-state index is 12.5. The Labute approximate surface area is 131 Å². The molecule has 0 saturated carbocycles. The molecule has 2 N–H and O–H groups in total. The average Bonchev–Trinajstić information content (AvgIpc) is 2.54. The van der Waals surface area contributed by atoms with E-state index in [2.05, 4.69) is 31.1 Å². The number of carbonyl (C=O) groups excluding carboxylic acids is 1. The first-order chi connectivity index (χ1) is 10.6. The fourth-order valence-corrected chi connectivity index (χ4v) is 3.78. The lowest BCUT2D eigenvalue weighted by Crippen LogP contribution is -2.46. The number of hydrogen-bond donors (Lipinski definition) is 1. The van der Waals surface area contributed by atoms with Crippen molar-refractivity contribution in [1.29, 1.82) is 0 Å². The molecule has 0 aliphatic heterocycles. The van der Waals surface area contributed by atoms with Crippen molar-refractivity contribution in [3.8, 4) is 0 Å². The van der Waals surface area contributed by atoms with E-state index in [-0.39, 0.29) is 5.91 Å². The van der Waals surface area contributed by atoms with Gasteiger partial charge in [0.2, 0.25) is 5.91 Å². The van der Waals surface area contributed by atoms with Crippen molar-refractivity contribution in [3.05, 3.63) is 71.3 Å². The molecule has 1 unspecified atom stereocenters. The lowest BCUT2D eigenvalue weighted by Gasteiger charge is -2.42. The number of hydrogen-bond acceptors (Lipinski definition) is 2. The molecule has 0 spiro atoms. The van der Waals surface area contributed by atoms with Crippen LogP contribution >= 0.6 is 0 Å². The monoisotopic (exact) mass is 294 g/mol. The summed E-state index contributed by atoms with van der Waals surface area (Å²) < 4.78 is 0. The molecule has 0 radical (unpaired) electrons. The fraction of sp³-hybridized carbons (Fsp3) is 0.316. The van der Waals surface area contributed by atoms with Gasteiger partial charge in [-0.3, -0.25) is 4.79 Å². The molecule has 2 aromatic carbocycles. The number of nitrogens with two attached hydrogens (primary N) is 1. The maximum Gasteiger partial charge on any atom is 0.232 e. The number of carbonyl (C=O) groups is 1. The molecule has 22 heavy (non-hydrogen) atoms. The van der Waals surface area contributed by atoms with Crippen molar-refractivity contribution in [3.63, 3.8) is 0 Å². The molecule has 1 amide bonds. The van der Waals surface area contributed by atoms with Crippen LogP contribution in [0.1, 0.15) is 35.6 Å². The Hall–Kier alpha value is -2.13. The number of benzene rings is 2. The van der Waals surface area contributed by atoms with Crippen molar-refractivity contribution in [2.75, 3.05) is 14.1 Å². The number of fused-ring (bicyclic) bond motifs is 1. The lowest BCUT2D eigenvalue weighted by atomic mass is 9.64. The van der Waals surface area contributed by atoms with Gasteiger partial charge in [-0.1, -0.05) is 54.6 Å². The molecule has 0 aromatic heterocycles. The molecule has 3 heteroatoms. The third-order valence-electron chi connectivity index (χ3n) is 4.88. The van der Waals surface area contributed by atoms with E-state index in [1.165, 1.54) is 5.56 Å². The second-order valence-electron chi connectivity index (χ2n) is 6.24. The van der Waals surface area contributed by atoms with Crippen LogP contribution in [0.3, 0.4) is 0 Å². The van der Waals surface area contributed by atoms with Crippen LogP contribution in [0.15, 0.2) is 54.6 Å². The summed E-state index contributed by atoms with van der Waals surface area (Å²) in [4.78, 5) is 14.7. The average molecular weight is 294 g/mol. The second kappa shape index (κ2) is 5.58. The highest BCUT2D eigenvalue weighted by molar-refractivity contribution is 5.91. The van der Waals surface area contributed by atoms with E-state index in [4.69, 9.17) is 5.73 Å². The van der Waals surface area contributed by atoms with Gasteiger partial charge < -0.3 is 10.6 Å². The van der Waals surface area contributed by atoms with Crippen LogP contribution < -0.4 is 5.73 Å². The van der Waals surface area contributed by atoms with Gasteiger partial charge >= 0.3 is 0 Å². The van der Waals surface area contributed by atoms with E-state index in [1.54, 1.807) is 0 Å². The van der Waals surface area contributed by atoms with Crippen LogP contribution in [0.5, 0.6) is 0 Å². The van der Waals surface area contributed by atoms with E-state index >= 15 is 0 Å². The van der Waals surface area contributed by atoms with E-state index in [0.717, 1.165) is 24.0 Å². The van der Waals surface area contributed by atoms with Gasteiger partial charge in [0.15, 0.2) is 0 Å². The maximum absolute atomic E-state index is 12.5. The molecule has 0 fully saturated rings. The van der Waals surface area contributed by atoms with Crippen LogP contribution in [0, 0.1) is 0 Å². The molecule has 114 valence electrons. The number of rotatable bonds is 3. The lowest BCUT2D eigenvalue weighted by molar-refractivity contribution is -0.122. The van der Waals surface area contributed by atoms with Crippen LogP contribution in [-0.2, 0) is 10.2 Å². The van der Waals surface area contributed by atoms with Gasteiger partial charge in [-0.05, 0) is 43.6 Å². The zero-order valence-electron chi connectivity index (χ0n) is 13.1. The minimum Gasteiger partial charge on any atom is -0.369 e. The summed E-state index contributed by atoms with van der Waals surface area (Å²) in [5.41, 5.74) is 8.46. The van der Waals surface area contributed by atoms with Crippen LogP contribution in [0.2, 0.25) is 0 Å². The zero-order valence-corrected chi connectivity index (χ0v) is 13.1. The summed E-state index contributed by atoms with van der Waals surface area (Å²) in [5, 5.41) is 0. The third kappa shape index (κ3) is 2.13. The quantitative estimate of drug-likeness (QED) is 0.946. The number of primary amides is 1. The smallest absolute Gasteiger partial charge is 0.232 e. The van der Waals surface area contributed by atoms with Gasteiger partial charge in [-0.25, -0.2) is 0 Å². The normalized spacial score (nSPS) is 24.0. The van der Waals surface area contributed by atoms with E-state index < -0.39 is 5.41 Å². The fourth-order valence-electron chi connectivity index (χ4n) is 3.78. The highest BCUT2D eigenvalue weighted by Crippen LogP contribution is 2.47. The number of amides is 1. The van der Waals surface area contributed by atoms with E-state index in [9.17, 15) is 4.79 Å². The summed E-state index contributed by atoms with van der Waals surface area (Å²) in [5.74, 6) is -0.261. The highest BCUT2D eigenvalue weighted by Gasteiger charge is 2.46. The largest absolute Gasteiger partial charge is 0.369 e. The topological polar surface area (TPSA) is 46.3 Å². The van der Waals surface area contributed by atoms with Gasteiger partial charge in [0.25, 0.3) is 0 Å². The number of nitrogens with zero attached hydrogens (tertiary/aromatic N) is 1. The van der Waals surface area contributed by atoms with Crippen LogP contribution in [0.4, 0.5) is 0 Å². The molecule has 1 aliphatic rings. The van der Waals surface area contributed by atoms with Crippen molar-refractivity contribution in [2.24, 2.45) is 5.73 Å². The van der Waals surface area contributed by atoms with Crippen molar-refractivity contribution >= 4 is 5.91 Å². The van der Waals surface area contributed by atoms with E-state index in [1.807, 2.05) is 42.5 Å². The molecule has 3 nitrogen and oxygen atoms in total. The summed E-state index contributed by atoms with van der Waals surface area (Å²) in [6.07, 6.45) is 1.66. The summed E-state index contributed by atoms with van der Waals surface area (Å²) >= 11 is 0. The van der Waals surface area contributed by atoms with Gasteiger partial charge in [-0.15, -0.1) is 0 Å². The van der Waals surface area contributed by atoms with E-state index in [0.29, 0.717) is 6.04 Å².